The number of hydrogen-bond donors (Lipinski definition) is 2. The van der Waals surface area contributed by atoms with Crippen molar-refractivity contribution in [2.45, 2.75) is 57.3 Å². The maximum Gasteiger partial charge on any atom is 0.485 e. The number of alkyl halides is 3. The second-order valence-corrected chi connectivity index (χ2v) is 4.14. The number of carbonyl (C=O) groups is 1. The van der Waals surface area contributed by atoms with Crippen LogP contribution in [0.25, 0.3) is 0 Å². The van der Waals surface area contributed by atoms with Crippen LogP contribution in [0.15, 0.2) is 0 Å². The van der Waals surface area contributed by atoms with Gasteiger partial charge in [-0.25, -0.2) is 10.1 Å². The summed E-state index contributed by atoms with van der Waals surface area (Å²) >= 11 is 0. The molecule has 0 atom stereocenters. The number of carbonyl (C=O) groups excluding carboxylic acids is 1. The molecule has 0 radical (unpaired) electrons. The molecule has 1 aliphatic carbocycles. The largest absolute Gasteiger partial charge is 0.485 e. The second-order valence-electron chi connectivity index (χ2n) is 4.14. The number of halogens is 3. The van der Waals surface area contributed by atoms with Crippen molar-refractivity contribution >= 4 is 6.03 Å². The summed E-state index contributed by atoms with van der Waals surface area (Å²) in [5.41, 5.74) is 0. The van der Waals surface area contributed by atoms with E-state index in [2.05, 4.69) is 5.32 Å². The summed E-state index contributed by atoms with van der Waals surface area (Å²) in [5, 5.41) is 3.33. The number of nitrogens with one attached hydrogen (secondary N) is 2. The molecule has 94 valence electrons. The molecule has 16 heavy (non-hydrogen) atoms. The van der Waals surface area contributed by atoms with Gasteiger partial charge in [0, 0.05) is 6.04 Å². The third-order valence-corrected chi connectivity index (χ3v) is 2.70. The predicted molar refractivity (Wildman–Crippen MR) is 53.8 cm³/mol. The Labute approximate surface area is 92.8 Å². The lowest BCUT2D eigenvalue weighted by Crippen LogP contribution is -2.47. The van der Waals surface area contributed by atoms with E-state index in [1.807, 2.05) is 0 Å². The molecule has 2 amide bonds. The van der Waals surface area contributed by atoms with E-state index in [1.165, 1.54) is 6.42 Å². The van der Waals surface area contributed by atoms with Crippen molar-refractivity contribution < 1.29 is 18.0 Å². The molecule has 6 heteroatoms. The summed E-state index contributed by atoms with van der Waals surface area (Å²) in [5.74, 6) is 0. The monoisotopic (exact) mass is 238 g/mol. The number of urea groups is 1. The summed E-state index contributed by atoms with van der Waals surface area (Å²) in [4.78, 5) is 11.0. The maximum absolute atomic E-state index is 11.8. The smallest absolute Gasteiger partial charge is 0.335 e. The third-order valence-electron chi connectivity index (χ3n) is 2.70. The van der Waals surface area contributed by atoms with Crippen LogP contribution in [0.5, 0.6) is 0 Å². The minimum Gasteiger partial charge on any atom is -0.335 e. The Morgan fingerprint density at radius 1 is 1.00 bits per heavy atom. The van der Waals surface area contributed by atoms with Crippen LogP contribution in [0.2, 0.25) is 0 Å². The fourth-order valence-electron chi connectivity index (χ4n) is 1.95. The quantitative estimate of drug-likeness (QED) is 0.677. The summed E-state index contributed by atoms with van der Waals surface area (Å²) in [6, 6.07) is -1.26. The summed E-state index contributed by atoms with van der Waals surface area (Å²) in [7, 11) is 0. The Hall–Kier alpha value is -0.940. The first-order valence-corrected chi connectivity index (χ1v) is 5.63. The lowest BCUT2D eigenvalue weighted by atomic mass is 9.97. The molecule has 0 aromatic rings. The molecule has 0 aromatic heterocycles. The first-order valence-electron chi connectivity index (χ1n) is 5.63. The zero-order valence-corrected chi connectivity index (χ0v) is 9.07. The lowest BCUT2D eigenvalue weighted by Gasteiger charge is -2.21. The fourth-order valence-corrected chi connectivity index (χ4v) is 1.95. The van der Waals surface area contributed by atoms with Crippen LogP contribution >= 0.6 is 0 Å². The van der Waals surface area contributed by atoms with E-state index in [1.54, 1.807) is 0 Å². The van der Waals surface area contributed by atoms with Gasteiger partial charge < -0.3 is 5.32 Å². The zero-order chi connectivity index (χ0) is 12.0. The molecule has 0 saturated heterocycles. The van der Waals surface area contributed by atoms with Crippen molar-refractivity contribution in [2.24, 2.45) is 0 Å². The summed E-state index contributed by atoms with van der Waals surface area (Å²) in [6.07, 6.45) is 2.20. The van der Waals surface area contributed by atoms with Gasteiger partial charge in [0.1, 0.15) is 0 Å². The highest BCUT2D eigenvalue weighted by Gasteiger charge is 2.30. The molecule has 2 N–H and O–H groups in total. The van der Waals surface area contributed by atoms with E-state index in [0.29, 0.717) is 0 Å². The second kappa shape index (κ2) is 5.96. The van der Waals surface area contributed by atoms with Crippen LogP contribution < -0.4 is 10.6 Å². The molecule has 0 heterocycles. The van der Waals surface area contributed by atoms with Crippen LogP contribution in [0.4, 0.5) is 18.0 Å². The van der Waals surface area contributed by atoms with Crippen LogP contribution in [0.1, 0.15) is 44.9 Å². The van der Waals surface area contributed by atoms with Crippen LogP contribution in [-0.2, 0) is 0 Å². The van der Waals surface area contributed by atoms with Crippen molar-refractivity contribution in [1.29, 1.82) is 0 Å². The Morgan fingerprint density at radius 3 is 2.00 bits per heavy atom. The first-order chi connectivity index (χ1) is 7.47. The van der Waals surface area contributed by atoms with Gasteiger partial charge in [-0.05, 0) is 12.8 Å². The van der Waals surface area contributed by atoms with Gasteiger partial charge in [0.05, 0.1) is 0 Å². The molecule has 0 aliphatic heterocycles. The fraction of sp³-hybridized carbons (Fsp3) is 0.900. The average Bonchev–Trinajstić information content (AvgIpc) is 2.06. The minimum absolute atomic E-state index is 0.123. The first kappa shape index (κ1) is 13.1. The van der Waals surface area contributed by atoms with E-state index < -0.39 is 12.3 Å². The van der Waals surface area contributed by atoms with E-state index in [0.717, 1.165) is 43.8 Å². The van der Waals surface area contributed by atoms with E-state index in [-0.39, 0.29) is 6.04 Å². The van der Waals surface area contributed by atoms with Crippen molar-refractivity contribution in [1.82, 2.24) is 10.6 Å². The molecule has 0 bridgehead atoms. The minimum atomic E-state index is -4.65. The summed E-state index contributed by atoms with van der Waals surface area (Å²) in [6.45, 7) is 0. The Balaban J connectivity index is 2.30. The summed E-state index contributed by atoms with van der Waals surface area (Å²) < 4.78 is 35.5. The maximum atomic E-state index is 11.8. The molecular formula is C10H17F3N2O. The molecule has 0 unspecified atom stereocenters. The highest BCUT2D eigenvalue weighted by molar-refractivity contribution is 5.74. The van der Waals surface area contributed by atoms with Crippen LogP contribution in [0, 0.1) is 0 Å². The average molecular weight is 238 g/mol. The highest BCUT2D eigenvalue weighted by Crippen LogP contribution is 2.17. The van der Waals surface area contributed by atoms with Gasteiger partial charge in [-0.15, -0.1) is 0 Å². The molecule has 1 aliphatic rings. The Bertz CT molecular complexity index is 223. The highest BCUT2D eigenvalue weighted by atomic mass is 19.4. The van der Waals surface area contributed by atoms with Gasteiger partial charge in [-0.1, -0.05) is 32.1 Å². The third kappa shape index (κ3) is 5.82. The standard InChI is InChI=1S/C10H17F3N2O/c11-10(12,13)15-9(16)14-8-6-4-2-1-3-5-7-8/h8H,1-7H2,(H2,14,15,16). The van der Waals surface area contributed by atoms with E-state index >= 15 is 0 Å². The van der Waals surface area contributed by atoms with Crippen molar-refractivity contribution in [3.8, 4) is 0 Å². The zero-order valence-electron chi connectivity index (χ0n) is 9.07. The Kier molecular flexibility index (Phi) is 4.89. The number of hydrogen-bond acceptors (Lipinski definition) is 1. The van der Waals surface area contributed by atoms with E-state index in [9.17, 15) is 18.0 Å². The van der Waals surface area contributed by atoms with E-state index in [4.69, 9.17) is 0 Å². The number of amides is 2. The van der Waals surface area contributed by atoms with Crippen LogP contribution in [-0.4, -0.2) is 18.4 Å². The predicted octanol–water partition coefficient (Wildman–Crippen LogP) is 2.92. The van der Waals surface area contributed by atoms with Gasteiger partial charge in [-0.3, -0.25) is 0 Å². The normalized spacial score (nSPS) is 19.7. The van der Waals surface area contributed by atoms with Crippen molar-refractivity contribution in [2.75, 3.05) is 0 Å². The molecule has 1 fully saturated rings. The number of rotatable bonds is 1. The van der Waals surface area contributed by atoms with Crippen molar-refractivity contribution in [3.63, 3.8) is 0 Å². The molecule has 3 nitrogen and oxygen atoms in total. The van der Waals surface area contributed by atoms with Crippen molar-refractivity contribution in [3.05, 3.63) is 0 Å². The lowest BCUT2D eigenvalue weighted by molar-refractivity contribution is -0.145. The molecule has 1 saturated carbocycles. The van der Waals surface area contributed by atoms with Gasteiger partial charge in [0.15, 0.2) is 0 Å². The van der Waals surface area contributed by atoms with Gasteiger partial charge in [0.2, 0.25) is 0 Å². The Morgan fingerprint density at radius 2 is 1.50 bits per heavy atom. The topological polar surface area (TPSA) is 41.1 Å². The molecule has 0 aromatic carbocycles. The molecule has 0 spiro atoms. The SMILES string of the molecule is O=C(NC1CCCCCCC1)NC(F)(F)F. The van der Waals surface area contributed by atoms with Gasteiger partial charge >= 0.3 is 12.3 Å². The van der Waals surface area contributed by atoms with Gasteiger partial charge in [0.25, 0.3) is 0 Å². The molecular weight excluding hydrogens is 221 g/mol. The van der Waals surface area contributed by atoms with Gasteiger partial charge in [-0.2, -0.15) is 13.2 Å². The van der Waals surface area contributed by atoms with Crippen LogP contribution in [0.3, 0.4) is 0 Å². The molecule has 1 rings (SSSR count).